The molecule has 1 aliphatic heterocycles. The minimum Gasteiger partial charge on any atom is -0.508 e. The zero-order chi connectivity index (χ0) is 16.0. The zero-order valence-corrected chi connectivity index (χ0v) is 11.8. The molecule has 1 N–H and O–H groups in total. The van der Waals surface area contributed by atoms with Crippen molar-refractivity contribution in [1.29, 1.82) is 0 Å². The summed E-state index contributed by atoms with van der Waals surface area (Å²) in [5.41, 5.74) is 0.810. The summed E-state index contributed by atoms with van der Waals surface area (Å²) in [6.07, 6.45) is 2.66. The molecule has 5 nitrogen and oxygen atoms in total. The molecule has 0 spiro atoms. The molecule has 0 amide bonds. The van der Waals surface area contributed by atoms with Crippen LogP contribution in [0.1, 0.15) is 15.9 Å². The summed E-state index contributed by atoms with van der Waals surface area (Å²) in [5.74, 6) is -0.0461. The van der Waals surface area contributed by atoms with Crippen molar-refractivity contribution in [3.05, 3.63) is 75.8 Å². The molecule has 4 rings (SSSR count). The Morgan fingerprint density at radius 1 is 1.04 bits per heavy atom. The van der Waals surface area contributed by atoms with E-state index < -0.39 is 0 Å². The lowest BCUT2D eigenvalue weighted by Crippen LogP contribution is -2.07. The maximum absolute atomic E-state index is 12.4. The number of para-hydroxylation sites is 1. The van der Waals surface area contributed by atoms with Gasteiger partial charge in [-0.15, -0.1) is 0 Å². The summed E-state index contributed by atoms with van der Waals surface area (Å²) in [7, 11) is 0. The highest BCUT2D eigenvalue weighted by Crippen LogP contribution is 2.34. The van der Waals surface area contributed by atoms with E-state index in [1.54, 1.807) is 24.3 Å². The Hall–Kier alpha value is -3.34. The van der Waals surface area contributed by atoms with Crippen molar-refractivity contribution in [2.75, 3.05) is 0 Å². The number of aromatic hydroxyl groups is 1. The summed E-state index contributed by atoms with van der Waals surface area (Å²) in [4.78, 5) is 24.7. The summed E-state index contributed by atoms with van der Waals surface area (Å²) < 4.78 is 10.9. The van der Waals surface area contributed by atoms with Gasteiger partial charge in [0.1, 0.15) is 23.3 Å². The maximum Gasteiger partial charge on any atom is 0.231 e. The van der Waals surface area contributed by atoms with Gasteiger partial charge in [-0.2, -0.15) is 0 Å². The highest BCUT2D eigenvalue weighted by atomic mass is 16.5. The molecule has 0 radical (unpaired) electrons. The summed E-state index contributed by atoms with van der Waals surface area (Å²) >= 11 is 0. The van der Waals surface area contributed by atoms with Gasteiger partial charge in [-0.05, 0) is 30.3 Å². The largest absolute Gasteiger partial charge is 0.508 e. The Morgan fingerprint density at radius 2 is 1.87 bits per heavy atom. The number of phenols is 1. The van der Waals surface area contributed by atoms with Crippen LogP contribution in [-0.2, 0) is 0 Å². The van der Waals surface area contributed by atoms with E-state index in [0.29, 0.717) is 16.5 Å². The number of hydrogen-bond donors (Lipinski definition) is 1. The lowest BCUT2D eigenvalue weighted by Gasteiger charge is -2.00. The van der Waals surface area contributed by atoms with Crippen molar-refractivity contribution in [3.63, 3.8) is 0 Å². The molecular formula is C18H10O5. The molecule has 0 atom stereocenters. The summed E-state index contributed by atoms with van der Waals surface area (Å²) in [5, 5.41) is 9.88. The SMILES string of the molecule is O=C1C(=Cc2coc3ccccc3c2=O)Oc2cc(O)ccc21. The Morgan fingerprint density at radius 3 is 2.74 bits per heavy atom. The van der Waals surface area contributed by atoms with E-state index in [0.717, 1.165) is 0 Å². The van der Waals surface area contributed by atoms with Gasteiger partial charge in [0.2, 0.25) is 5.78 Å². The van der Waals surface area contributed by atoms with Crippen LogP contribution in [0.5, 0.6) is 11.5 Å². The molecule has 0 aliphatic carbocycles. The number of Topliss-reactive ketones (excluding diaryl/α,β-unsaturated/α-hetero) is 1. The third kappa shape index (κ3) is 2.10. The second-order valence-electron chi connectivity index (χ2n) is 5.14. The van der Waals surface area contributed by atoms with Crippen LogP contribution >= 0.6 is 0 Å². The van der Waals surface area contributed by atoms with Gasteiger partial charge >= 0.3 is 0 Å². The zero-order valence-electron chi connectivity index (χ0n) is 11.8. The van der Waals surface area contributed by atoms with Crippen LogP contribution in [0.4, 0.5) is 0 Å². The van der Waals surface area contributed by atoms with E-state index in [1.807, 2.05) is 0 Å². The number of carbonyl (C=O) groups is 1. The molecule has 0 saturated heterocycles. The van der Waals surface area contributed by atoms with Gasteiger partial charge in [0.15, 0.2) is 11.2 Å². The lowest BCUT2D eigenvalue weighted by atomic mass is 10.1. The number of phenolic OH excluding ortho intramolecular Hbond substituents is 1. The maximum atomic E-state index is 12.4. The number of ketones is 1. The average Bonchev–Trinajstić information content (AvgIpc) is 2.86. The van der Waals surface area contributed by atoms with Crippen molar-refractivity contribution in [2.24, 2.45) is 0 Å². The second kappa shape index (κ2) is 4.84. The third-order valence-electron chi connectivity index (χ3n) is 3.65. The van der Waals surface area contributed by atoms with Crippen molar-refractivity contribution >= 4 is 22.8 Å². The molecule has 5 heteroatoms. The molecule has 2 heterocycles. The molecule has 3 aromatic rings. The highest BCUT2D eigenvalue weighted by Gasteiger charge is 2.27. The first-order valence-corrected chi connectivity index (χ1v) is 6.91. The van der Waals surface area contributed by atoms with Crippen molar-refractivity contribution < 1.29 is 19.1 Å². The first-order valence-electron chi connectivity index (χ1n) is 6.91. The smallest absolute Gasteiger partial charge is 0.231 e. The van der Waals surface area contributed by atoms with Gasteiger partial charge in [0.25, 0.3) is 0 Å². The van der Waals surface area contributed by atoms with Crippen molar-refractivity contribution in [1.82, 2.24) is 0 Å². The Kier molecular flexibility index (Phi) is 2.81. The van der Waals surface area contributed by atoms with Crippen LogP contribution in [-0.4, -0.2) is 10.9 Å². The number of rotatable bonds is 1. The number of hydrogen-bond acceptors (Lipinski definition) is 5. The standard InChI is InChI=1S/C18H10O5/c19-11-5-6-13-15(8-11)23-16(18(13)21)7-10-9-22-14-4-2-1-3-12(14)17(10)20/h1-9,19H. The molecule has 1 aliphatic rings. The van der Waals surface area contributed by atoms with Crippen molar-refractivity contribution in [2.45, 2.75) is 0 Å². The Bertz CT molecular complexity index is 1040. The molecule has 0 unspecified atom stereocenters. The predicted molar refractivity (Wildman–Crippen MR) is 83.5 cm³/mol. The van der Waals surface area contributed by atoms with E-state index >= 15 is 0 Å². The van der Waals surface area contributed by atoms with E-state index in [-0.39, 0.29) is 34.0 Å². The number of carbonyl (C=O) groups excluding carboxylic acids is 1. The summed E-state index contributed by atoms with van der Waals surface area (Å²) in [6, 6.07) is 11.1. The first kappa shape index (κ1) is 13.3. The minimum absolute atomic E-state index is 0.00280. The molecule has 112 valence electrons. The van der Waals surface area contributed by atoms with Crippen LogP contribution in [0.3, 0.4) is 0 Å². The molecular weight excluding hydrogens is 296 g/mol. The molecule has 1 aromatic heterocycles. The van der Waals surface area contributed by atoms with Crippen LogP contribution < -0.4 is 10.2 Å². The lowest BCUT2D eigenvalue weighted by molar-refractivity contribution is 0.101. The van der Waals surface area contributed by atoms with Crippen LogP contribution in [0.15, 0.2) is 63.7 Å². The molecule has 2 aromatic carbocycles. The van der Waals surface area contributed by atoms with E-state index in [1.165, 1.54) is 30.5 Å². The Labute approximate surface area is 130 Å². The van der Waals surface area contributed by atoms with Gasteiger partial charge < -0.3 is 14.3 Å². The van der Waals surface area contributed by atoms with Crippen molar-refractivity contribution in [3.8, 4) is 11.5 Å². The van der Waals surface area contributed by atoms with Gasteiger partial charge in [-0.1, -0.05) is 12.1 Å². The molecule has 0 fully saturated rings. The number of ether oxygens (including phenoxy) is 1. The minimum atomic E-state index is -0.340. The van der Waals surface area contributed by atoms with Crippen LogP contribution in [0.25, 0.3) is 17.0 Å². The van der Waals surface area contributed by atoms with E-state index in [2.05, 4.69) is 0 Å². The van der Waals surface area contributed by atoms with Gasteiger partial charge in [0.05, 0.1) is 16.5 Å². The molecule has 0 bridgehead atoms. The molecule has 0 saturated carbocycles. The fourth-order valence-electron chi connectivity index (χ4n) is 2.51. The fraction of sp³-hybridized carbons (Fsp3) is 0. The van der Waals surface area contributed by atoms with E-state index in [4.69, 9.17) is 9.15 Å². The Balaban J connectivity index is 1.82. The summed E-state index contributed by atoms with van der Waals surface area (Å²) in [6.45, 7) is 0. The van der Waals surface area contributed by atoms with Crippen LogP contribution in [0.2, 0.25) is 0 Å². The van der Waals surface area contributed by atoms with Crippen LogP contribution in [0, 0.1) is 0 Å². The van der Waals surface area contributed by atoms with E-state index in [9.17, 15) is 14.7 Å². The fourth-order valence-corrected chi connectivity index (χ4v) is 2.51. The third-order valence-corrected chi connectivity index (χ3v) is 3.65. The first-order chi connectivity index (χ1) is 11.1. The predicted octanol–water partition coefficient (Wildman–Crippen LogP) is 3.11. The average molecular weight is 306 g/mol. The quantitative estimate of drug-likeness (QED) is 0.699. The number of allylic oxidation sites excluding steroid dienone is 1. The van der Waals surface area contributed by atoms with Gasteiger partial charge in [0, 0.05) is 6.07 Å². The monoisotopic (exact) mass is 306 g/mol. The number of fused-ring (bicyclic) bond motifs is 2. The topological polar surface area (TPSA) is 76.7 Å². The van der Waals surface area contributed by atoms with Gasteiger partial charge in [-0.3, -0.25) is 9.59 Å². The molecule has 23 heavy (non-hydrogen) atoms. The number of benzene rings is 2. The highest BCUT2D eigenvalue weighted by molar-refractivity contribution is 6.14. The van der Waals surface area contributed by atoms with Gasteiger partial charge in [-0.25, -0.2) is 0 Å². The normalized spacial score (nSPS) is 15.0. The second-order valence-corrected chi connectivity index (χ2v) is 5.14.